The first-order valence-electron chi connectivity index (χ1n) is 4.10. The Morgan fingerprint density at radius 2 is 2.55 bits per heavy atom. The fourth-order valence-corrected chi connectivity index (χ4v) is 1.54. The summed E-state index contributed by atoms with van der Waals surface area (Å²) in [4.78, 5) is 4.46. The molecule has 1 aliphatic heterocycles. The highest BCUT2D eigenvalue weighted by atomic mass is 15.0. The quantitative estimate of drug-likeness (QED) is 0.576. The summed E-state index contributed by atoms with van der Waals surface area (Å²) in [5.74, 6) is 0. The monoisotopic (exact) mass is 148 g/mol. The number of rotatable bonds is 1. The van der Waals surface area contributed by atoms with Crippen molar-refractivity contribution in [2.45, 2.75) is 19.9 Å². The van der Waals surface area contributed by atoms with Gasteiger partial charge in [0.05, 0.1) is 18.0 Å². The molecule has 2 nitrogen and oxygen atoms in total. The van der Waals surface area contributed by atoms with Crippen LogP contribution in [-0.4, -0.2) is 16.8 Å². The number of aromatic nitrogens is 1. The molecule has 1 aromatic heterocycles. The van der Waals surface area contributed by atoms with Crippen LogP contribution in [0.1, 0.15) is 19.0 Å². The third-order valence-electron chi connectivity index (χ3n) is 2.10. The zero-order valence-corrected chi connectivity index (χ0v) is 6.75. The fourth-order valence-electron chi connectivity index (χ4n) is 1.54. The van der Waals surface area contributed by atoms with Crippen molar-refractivity contribution >= 4 is 5.71 Å². The second-order valence-electron chi connectivity index (χ2n) is 2.77. The van der Waals surface area contributed by atoms with Crippen LogP contribution >= 0.6 is 0 Å². The highest BCUT2D eigenvalue weighted by molar-refractivity contribution is 5.99. The van der Waals surface area contributed by atoms with Gasteiger partial charge in [-0.2, -0.15) is 0 Å². The normalized spacial score (nSPS) is 15.9. The molecule has 0 amide bonds. The predicted molar refractivity (Wildman–Crippen MR) is 46.1 cm³/mol. The van der Waals surface area contributed by atoms with Gasteiger partial charge >= 0.3 is 0 Å². The van der Waals surface area contributed by atoms with Crippen LogP contribution in [-0.2, 0) is 6.54 Å². The summed E-state index contributed by atoms with van der Waals surface area (Å²) in [5.41, 5.74) is 2.56. The molecule has 0 aromatic carbocycles. The van der Waals surface area contributed by atoms with Gasteiger partial charge in [-0.1, -0.05) is 6.92 Å². The molecule has 58 valence electrons. The van der Waals surface area contributed by atoms with Crippen LogP contribution < -0.4 is 0 Å². The highest BCUT2D eigenvalue weighted by Crippen LogP contribution is 2.10. The molecule has 11 heavy (non-hydrogen) atoms. The smallest absolute Gasteiger partial charge is 0.0621 e. The molecule has 2 heteroatoms. The van der Waals surface area contributed by atoms with Gasteiger partial charge in [0.25, 0.3) is 0 Å². The predicted octanol–water partition coefficient (Wildman–Crippen LogP) is 1.70. The molecule has 1 aromatic rings. The Kier molecular flexibility index (Phi) is 1.53. The average Bonchev–Trinajstić information content (AvgIpc) is 2.50. The summed E-state index contributed by atoms with van der Waals surface area (Å²) in [6.45, 7) is 4.15. The second kappa shape index (κ2) is 2.53. The fraction of sp³-hybridized carbons (Fsp3) is 0.444. The van der Waals surface area contributed by atoms with E-state index in [0.29, 0.717) is 0 Å². The molecule has 0 radical (unpaired) electrons. The topological polar surface area (TPSA) is 17.3 Å². The average molecular weight is 148 g/mol. The highest BCUT2D eigenvalue weighted by Gasteiger charge is 2.09. The van der Waals surface area contributed by atoms with Crippen molar-refractivity contribution in [1.29, 1.82) is 0 Å². The number of nitrogens with zero attached hydrogens (tertiary/aromatic N) is 2. The molecule has 0 unspecified atom stereocenters. The minimum atomic E-state index is 0.949. The minimum Gasteiger partial charge on any atom is -0.345 e. The second-order valence-corrected chi connectivity index (χ2v) is 2.77. The number of fused-ring (bicyclic) bond motifs is 1. The van der Waals surface area contributed by atoms with Gasteiger partial charge in [-0.05, 0) is 18.6 Å². The molecule has 1 aliphatic rings. The van der Waals surface area contributed by atoms with Gasteiger partial charge in [-0.15, -0.1) is 0 Å². The Morgan fingerprint density at radius 1 is 1.64 bits per heavy atom. The Balaban J connectivity index is 2.45. The first-order chi connectivity index (χ1) is 5.42. The van der Waals surface area contributed by atoms with E-state index in [1.807, 2.05) is 0 Å². The summed E-state index contributed by atoms with van der Waals surface area (Å²) >= 11 is 0. The standard InChI is InChI=1S/C9H12N2/c1-2-8-9-4-3-6-11(9)7-5-10-8/h3-4,6H,2,5,7H2,1H3. The molecule has 0 saturated heterocycles. The summed E-state index contributed by atoms with van der Waals surface area (Å²) in [6, 6.07) is 4.23. The maximum absolute atomic E-state index is 4.46. The van der Waals surface area contributed by atoms with Crippen LogP contribution in [0.2, 0.25) is 0 Å². The maximum atomic E-state index is 4.46. The lowest BCUT2D eigenvalue weighted by atomic mass is 10.2. The van der Waals surface area contributed by atoms with E-state index in [1.165, 1.54) is 11.4 Å². The minimum absolute atomic E-state index is 0.949. The largest absolute Gasteiger partial charge is 0.345 e. The summed E-state index contributed by atoms with van der Waals surface area (Å²) in [5, 5.41) is 0. The molecule has 2 rings (SSSR count). The van der Waals surface area contributed by atoms with Crippen LogP contribution in [0.15, 0.2) is 23.3 Å². The summed E-state index contributed by atoms with van der Waals surface area (Å²) in [6.07, 6.45) is 3.17. The lowest BCUT2D eigenvalue weighted by molar-refractivity contribution is 0.686. The molecule has 0 fully saturated rings. The van der Waals surface area contributed by atoms with E-state index in [9.17, 15) is 0 Å². The van der Waals surface area contributed by atoms with Crippen molar-refractivity contribution in [2.75, 3.05) is 6.54 Å². The van der Waals surface area contributed by atoms with E-state index < -0.39 is 0 Å². The van der Waals surface area contributed by atoms with Crippen molar-refractivity contribution in [3.8, 4) is 0 Å². The van der Waals surface area contributed by atoms with E-state index in [-0.39, 0.29) is 0 Å². The van der Waals surface area contributed by atoms with Gasteiger partial charge in [0.1, 0.15) is 0 Å². The summed E-state index contributed by atoms with van der Waals surface area (Å²) in [7, 11) is 0. The van der Waals surface area contributed by atoms with Gasteiger partial charge < -0.3 is 4.57 Å². The van der Waals surface area contributed by atoms with E-state index >= 15 is 0 Å². The molecule has 0 spiro atoms. The summed E-state index contributed by atoms with van der Waals surface area (Å²) < 4.78 is 2.27. The third kappa shape index (κ3) is 0.985. The zero-order valence-electron chi connectivity index (χ0n) is 6.75. The zero-order chi connectivity index (χ0) is 7.68. The van der Waals surface area contributed by atoms with Crippen molar-refractivity contribution < 1.29 is 0 Å². The van der Waals surface area contributed by atoms with Crippen molar-refractivity contribution in [2.24, 2.45) is 4.99 Å². The number of hydrogen-bond acceptors (Lipinski definition) is 1. The van der Waals surface area contributed by atoms with Gasteiger partial charge in [-0.3, -0.25) is 4.99 Å². The lowest BCUT2D eigenvalue weighted by Gasteiger charge is -2.14. The van der Waals surface area contributed by atoms with E-state index in [0.717, 1.165) is 19.5 Å². The van der Waals surface area contributed by atoms with Gasteiger partial charge in [-0.25, -0.2) is 0 Å². The lowest BCUT2D eigenvalue weighted by Crippen LogP contribution is -2.16. The molecule has 0 bridgehead atoms. The molecule has 0 saturated carbocycles. The van der Waals surface area contributed by atoms with Crippen molar-refractivity contribution in [3.05, 3.63) is 24.0 Å². The Bertz CT molecular complexity index is 284. The van der Waals surface area contributed by atoms with Crippen LogP contribution in [0, 0.1) is 0 Å². The van der Waals surface area contributed by atoms with Crippen LogP contribution in [0.25, 0.3) is 0 Å². The van der Waals surface area contributed by atoms with Gasteiger partial charge in [0.2, 0.25) is 0 Å². The van der Waals surface area contributed by atoms with Crippen LogP contribution in [0.3, 0.4) is 0 Å². The van der Waals surface area contributed by atoms with E-state index in [2.05, 4.69) is 34.8 Å². The first-order valence-corrected chi connectivity index (χ1v) is 4.10. The van der Waals surface area contributed by atoms with Gasteiger partial charge in [0.15, 0.2) is 0 Å². The number of hydrogen-bond donors (Lipinski definition) is 0. The van der Waals surface area contributed by atoms with Crippen molar-refractivity contribution in [1.82, 2.24) is 4.57 Å². The SMILES string of the molecule is CCC1=NCCn2cccc21. The Morgan fingerprint density at radius 3 is 3.36 bits per heavy atom. The molecular formula is C9H12N2. The molecule has 0 atom stereocenters. The van der Waals surface area contributed by atoms with Crippen molar-refractivity contribution in [3.63, 3.8) is 0 Å². The van der Waals surface area contributed by atoms with E-state index in [1.54, 1.807) is 0 Å². The number of aliphatic imine (C=N–C) groups is 1. The van der Waals surface area contributed by atoms with Gasteiger partial charge in [0, 0.05) is 12.7 Å². The molecule has 0 N–H and O–H groups in total. The van der Waals surface area contributed by atoms with Crippen LogP contribution in [0.5, 0.6) is 0 Å². The molecule has 0 aliphatic carbocycles. The molecular weight excluding hydrogens is 136 g/mol. The van der Waals surface area contributed by atoms with Crippen LogP contribution in [0.4, 0.5) is 0 Å². The first kappa shape index (κ1) is 6.65. The Labute approximate surface area is 66.6 Å². The maximum Gasteiger partial charge on any atom is 0.0621 e. The Hall–Kier alpha value is -1.05. The third-order valence-corrected chi connectivity index (χ3v) is 2.10. The molecule has 2 heterocycles. The van der Waals surface area contributed by atoms with E-state index in [4.69, 9.17) is 0 Å².